The van der Waals surface area contributed by atoms with Crippen LogP contribution in [0.25, 0.3) is 0 Å². The predicted molar refractivity (Wildman–Crippen MR) is 115 cm³/mol. The average molecular weight is 446 g/mol. The van der Waals surface area contributed by atoms with E-state index in [0.29, 0.717) is 37.7 Å². The predicted octanol–water partition coefficient (Wildman–Crippen LogP) is 2.98. The molecular weight excluding hydrogens is 421 g/mol. The summed E-state index contributed by atoms with van der Waals surface area (Å²) >= 11 is 0. The van der Waals surface area contributed by atoms with Gasteiger partial charge in [-0.2, -0.15) is 13.2 Å². The van der Waals surface area contributed by atoms with Gasteiger partial charge in [0.25, 0.3) is 5.91 Å². The van der Waals surface area contributed by atoms with Crippen LogP contribution in [0.15, 0.2) is 41.4 Å². The van der Waals surface area contributed by atoms with Crippen LogP contribution >= 0.6 is 0 Å². The highest BCUT2D eigenvalue weighted by Crippen LogP contribution is 2.32. The van der Waals surface area contributed by atoms with Gasteiger partial charge in [0, 0.05) is 32.7 Å². The highest BCUT2D eigenvalue weighted by molar-refractivity contribution is 5.98. The zero-order chi connectivity index (χ0) is 22.7. The van der Waals surface area contributed by atoms with E-state index >= 15 is 0 Å². The molecule has 1 saturated heterocycles. The number of carbonyl (C=O) groups is 1. The number of anilines is 1. The van der Waals surface area contributed by atoms with Gasteiger partial charge in [-0.1, -0.05) is 25.5 Å². The van der Waals surface area contributed by atoms with Crippen LogP contribution in [0.3, 0.4) is 0 Å². The summed E-state index contributed by atoms with van der Waals surface area (Å²) in [4.78, 5) is 20.8. The molecule has 2 aliphatic heterocycles. The Morgan fingerprint density at radius 1 is 1.09 bits per heavy atom. The third-order valence-electron chi connectivity index (χ3n) is 5.69. The van der Waals surface area contributed by atoms with Gasteiger partial charge in [-0.25, -0.2) is 0 Å². The first kappa shape index (κ1) is 22.0. The maximum Gasteiger partial charge on any atom is 0.417 e. The normalized spacial score (nSPS) is 19.0. The minimum Gasteiger partial charge on any atom is -0.366 e. The maximum absolute atomic E-state index is 13.3. The number of halogens is 3. The van der Waals surface area contributed by atoms with E-state index in [2.05, 4.69) is 27.4 Å². The summed E-state index contributed by atoms with van der Waals surface area (Å²) in [7, 11) is 0. The van der Waals surface area contributed by atoms with Gasteiger partial charge in [0.05, 0.1) is 17.2 Å². The third kappa shape index (κ3) is 4.68. The first-order chi connectivity index (χ1) is 15.4. The molecule has 2 aliphatic rings. The number of hydrogen-bond acceptors (Lipinski definition) is 6. The highest BCUT2D eigenvalue weighted by atomic mass is 19.4. The van der Waals surface area contributed by atoms with Crippen molar-refractivity contribution in [2.24, 2.45) is 4.99 Å². The number of carbonyl (C=O) groups excluding carboxylic acids is 1. The van der Waals surface area contributed by atoms with Crippen molar-refractivity contribution >= 4 is 17.6 Å². The quantitative estimate of drug-likeness (QED) is 0.765. The summed E-state index contributed by atoms with van der Waals surface area (Å²) in [5.74, 6) is 0.812. The Balaban J connectivity index is 1.38. The summed E-state index contributed by atoms with van der Waals surface area (Å²) in [6.07, 6.45) is -2.47. The van der Waals surface area contributed by atoms with Crippen LogP contribution in [0.2, 0.25) is 0 Å². The summed E-state index contributed by atoms with van der Waals surface area (Å²) in [5.41, 5.74) is -0.535. The molecule has 0 radical (unpaired) electrons. The zero-order valence-corrected chi connectivity index (χ0v) is 17.8. The third-order valence-corrected chi connectivity index (χ3v) is 5.69. The van der Waals surface area contributed by atoms with Crippen LogP contribution in [0.4, 0.5) is 19.0 Å². The SMILES string of the molecule is CCCC1CNC(c2ccc(N3CCN(C(=O)c4ccccc4C(F)(F)F)CC3)nn2)=N1. The Bertz CT molecular complexity index is 984. The van der Waals surface area contributed by atoms with Gasteiger partial charge < -0.3 is 15.1 Å². The largest absolute Gasteiger partial charge is 0.417 e. The Morgan fingerprint density at radius 2 is 1.84 bits per heavy atom. The molecule has 0 saturated carbocycles. The van der Waals surface area contributed by atoms with Crippen molar-refractivity contribution < 1.29 is 18.0 Å². The summed E-state index contributed by atoms with van der Waals surface area (Å²) in [6.45, 7) is 4.48. The van der Waals surface area contributed by atoms with E-state index < -0.39 is 17.6 Å². The Kier molecular flexibility index (Phi) is 6.29. The maximum atomic E-state index is 13.3. The molecule has 3 heterocycles. The number of nitrogens with one attached hydrogen (secondary N) is 1. The number of aliphatic imine (C=N–C) groups is 1. The van der Waals surface area contributed by atoms with Crippen molar-refractivity contribution in [3.8, 4) is 0 Å². The number of amides is 1. The molecule has 0 bridgehead atoms. The number of benzene rings is 1. The van der Waals surface area contributed by atoms with Crippen molar-refractivity contribution in [2.75, 3.05) is 37.6 Å². The summed E-state index contributed by atoms with van der Waals surface area (Å²) in [5, 5.41) is 11.8. The van der Waals surface area contributed by atoms with Crippen LogP contribution in [0.5, 0.6) is 0 Å². The van der Waals surface area contributed by atoms with Gasteiger partial charge in [0.2, 0.25) is 0 Å². The van der Waals surface area contributed by atoms with E-state index in [-0.39, 0.29) is 11.6 Å². The molecule has 1 aromatic heterocycles. The second kappa shape index (κ2) is 9.13. The number of nitrogens with zero attached hydrogens (tertiary/aromatic N) is 5. The molecule has 170 valence electrons. The second-order valence-corrected chi connectivity index (χ2v) is 7.90. The molecule has 32 heavy (non-hydrogen) atoms. The van der Waals surface area contributed by atoms with E-state index in [4.69, 9.17) is 0 Å². The fraction of sp³-hybridized carbons (Fsp3) is 0.455. The van der Waals surface area contributed by atoms with E-state index in [1.807, 2.05) is 17.0 Å². The fourth-order valence-electron chi connectivity index (χ4n) is 3.99. The molecule has 2 aromatic rings. The molecule has 10 heteroatoms. The van der Waals surface area contributed by atoms with E-state index in [9.17, 15) is 18.0 Å². The van der Waals surface area contributed by atoms with E-state index in [0.717, 1.165) is 31.3 Å². The van der Waals surface area contributed by atoms with Gasteiger partial charge in [-0.05, 0) is 30.7 Å². The molecule has 1 amide bonds. The lowest BCUT2D eigenvalue weighted by atomic mass is 10.1. The Labute approximate surface area is 184 Å². The van der Waals surface area contributed by atoms with Crippen molar-refractivity contribution in [3.05, 3.63) is 53.2 Å². The van der Waals surface area contributed by atoms with Gasteiger partial charge >= 0.3 is 6.18 Å². The van der Waals surface area contributed by atoms with E-state index in [1.54, 1.807) is 0 Å². The number of piperazine rings is 1. The first-order valence-electron chi connectivity index (χ1n) is 10.7. The van der Waals surface area contributed by atoms with Crippen LogP contribution in [-0.2, 0) is 6.18 Å². The number of alkyl halides is 3. The molecule has 1 fully saturated rings. The molecule has 1 aromatic carbocycles. The number of rotatable bonds is 5. The fourth-order valence-corrected chi connectivity index (χ4v) is 3.99. The zero-order valence-electron chi connectivity index (χ0n) is 17.8. The summed E-state index contributed by atoms with van der Waals surface area (Å²) in [6, 6.07) is 8.89. The van der Waals surface area contributed by atoms with Crippen molar-refractivity contribution in [1.29, 1.82) is 0 Å². The van der Waals surface area contributed by atoms with E-state index in [1.165, 1.54) is 23.1 Å². The standard InChI is InChI=1S/C22H25F3N6O/c1-2-5-15-14-26-20(27-15)18-8-9-19(29-28-18)30-10-12-31(13-11-30)21(32)16-6-3-4-7-17(16)22(23,24)25/h3-4,6-9,15H,2,5,10-14H2,1H3,(H,26,27). The first-order valence-corrected chi connectivity index (χ1v) is 10.7. The van der Waals surface area contributed by atoms with Gasteiger partial charge in [0.1, 0.15) is 11.5 Å². The molecule has 7 nitrogen and oxygen atoms in total. The van der Waals surface area contributed by atoms with Crippen molar-refractivity contribution in [1.82, 2.24) is 20.4 Å². The lowest BCUT2D eigenvalue weighted by molar-refractivity contribution is -0.138. The van der Waals surface area contributed by atoms with Crippen LogP contribution in [0.1, 0.15) is 41.4 Å². The second-order valence-electron chi connectivity index (χ2n) is 7.90. The Morgan fingerprint density at radius 3 is 2.50 bits per heavy atom. The lowest BCUT2D eigenvalue weighted by Crippen LogP contribution is -2.49. The van der Waals surface area contributed by atoms with Crippen LogP contribution in [0, 0.1) is 0 Å². The van der Waals surface area contributed by atoms with Gasteiger partial charge in [-0.15, -0.1) is 10.2 Å². The Hall–Kier alpha value is -3.17. The average Bonchev–Trinajstić information content (AvgIpc) is 3.27. The highest BCUT2D eigenvalue weighted by Gasteiger charge is 2.36. The van der Waals surface area contributed by atoms with Crippen LogP contribution < -0.4 is 10.2 Å². The molecule has 4 rings (SSSR count). The molecule has 1 atom stereocenters. The molecular formula is C22H25F3N6O. The summed E-state index contributed by atoms with van der Waals surface area (Å²) < 4.78 is 39.8. The number of aromatic nitrogens is 2. The lowest BCUT2D eigenvalue weighted by Gasteiger charge is -2.35. The molecule has 1 unspecified atom stereocenters. The minimum absolute atomic E-state index is 0.268. The molecule has 1 N–H and O–H groups in total. The van der Waals surface area contributed by atoms with Gasteiger partial charge in [0.15, 0.2) is 5.82 Å². The minimum atomic E-state index is -4.57. The topological polar surface area (TPSA) is 73.7 Å². The van der Waals surface area contributed by atoms with Crippen molar-refractivity contribution in [3.63, 3.8) is 0 Å². The monoisotopic (exact) mass is 446 g/mol. The molecule has 0 spiro atoms. The number of hydrogen-bond donors (Lipinski definition) is 1. The molecule has 0 aliphatic carbocycles. The van der Waals surface area contributed by atoms with Gasteiger partial charge in [-0.3, -0.25) is 9.79 Å². The van der Waals surface area contributed by atoms with Crippen LogP contribution in [-0.4, -0.2) is 65.6 Å². The number of amidine groups is 1. The smallest absolute Gasteiger partial charge is 0.366 e. The van der Waals surface area contributed by atoms with Crippen molar-refractivity contribution in [2.45, 2.75) is 32.0 Å².